The Balaban J connectivity index is 2.23. The highest BCUT2D eigenvalue weighted by molar-refractivity contribution is 6.30. The van der Waals surface area contributed by atoms with Gasteiger partial charge in [0.1, 0.15) is 5.82 Å². The number of halogens is 2. The van der Waals surface area contributed by atoms with Crippen LogP contribution in [0.15, 0.2) is 18.2 Å². The molecule has 1 aromatic carbocycles. The van der Waals surface area contributed by atoms with Crippen molar-refractivity contribution in [1.29, 1.82) is 0 Å². The zero-order chi connectivity index (χ0) is 14.0. The number of piperidine rings is 1. The first kappa shape index (κ1) is 14.8. The van der Waals surface area contributed by atoms with Crippen molar-refractivity contribution in [3.63, 3.8) is 0 Å². The van der Waals surface area contributed by atoms with Gasteiger partial charge in [-0.2, -0.15) is 0 Å². The fraction of sp³-hybridized carbons (Fsp3) is 0.600. The molecule has 19 heavy (non-hydrogen) atoms. The van der Waals surface area contributed by atoms with E-state index < -0.39 is 0 Å². The average Bonchev–Trinajstić information content (AvgIpc) is 2.27. The van der Waals surface area contributed by atoms with E-state index in [9.17, 15) is 4.39 Å². The summed E-state index contributed by atoms with van der Waals surface area (Å²) in [5.74, 6) is 1.02. The van der Waals surface area contributed by atoms with Crippen LogP contribution in [0.2, 0.25) is 5.02 Å². The summed E-state index contributed by atoms with van der Waals surface area (Å²) in [7, 11) is 0. The Morgan fingerprint density at radius 1 is 1.32 bits per heavy atom. The van der Waals surface area contributed by atoms with E-state index in [1.807, 2.05) is 6.07 Å². The lowest BCUT2D eigenvalue weighted by Crippen LogP contribution is -2.43. The molecule has 2 N–H and O–H groups in total. The van der Waals surface area contributed by atoms with Gasteiger partial charge in [-0.3, -0.25) is 4.90 Å². The first-order valence-electron chi connectivity index (χ1n) is 6.89. The highest BCUT2D eigenvalue weighted by atomic mass is 35.5. The van der Waals surface area contributed by atoms with E-state index in [4.69, 9.17) is 17.3 Å². The van der Waals surface area contributed by atoms with Crippen molar-refractivity contribution in [2.45, 2.75) is 26.3 Å². The number of benzene rings is 1. The van der Waals surface area contributed by atoms with Crippen LogP contribution < -0.4 is 5.73 Å². The van der Waals surface area contributed by atoms with Gasteiger partial charge in [-0.1, -0.05) is 25.4 Å². The summed E-state index contributed by atoms with van der Waals surface area (Å²) < 4.78 is 13.5. The largest absolute Gasteiger partial charge is 0.329 e. The number of hydrogen-bond acceptors (Lipinski definition) is 2. The Morgan fingerprint density at radius 3 is 2.47 bits per heavy atom. The normalized spacial score (nSPS) is 26.4. The fourth-order valence-corrected chi connectivity index (χ4v) is 3.46. The van der Waals surface area contributed by atoms with E-state index in [1.165, 1.54) is 12.5 Å². The standard InChI is InChI=1S/C15H22ClFN2/c1-10-3-11(2)9-19(8-10)15(7-18)12-4-13(16)6-14(17)5-12/h4-6,10-11,15H,3,7-9,18H2,1-2H3. The minimum absolute atomic E-state index is 0.0541. The Hall–Kier alpha value is -0.640. The summed E-state index contributed by atoms with van der Waals surface area (Å²) in [6.07, 6.45) is 1.25. The van der Waals surface area contributed by atoms with Crippen molar-refractivity contribution in [2.24, 2.45) is 17.6 Å². The molecule has 0 saturated carbocycles. The Morgan fingerprint density at radius 2 is 1.95 bits per heavy atom. The summed E-state index contributed by atoms with van der Waals surface area (Å²) in [6.45, 7) is 7.03. The van der Waals surface area contributed by atoms with Crippen LogP contribution in [0.25, 0.3) is 0 Å². The molecule has 1 aliphatic heterocycles. The topological polar surface area (TPSA) is 29.3 Å². The van der Waals surface area contributed by atoms with Crippen molar-refractivity contribution < 1.29 is 4.39 Å². The van der Waals surface area contributed by atoms with Gasteiger partial charge in [-0.15, -0.1) is 0 Å². The fourth-order valence-electron chi connectivity index (χ4n) is 3.23. The molecule has 1 fully saturated rings. The third-order valence-electron chi connectivity index (χ3n) is 3.83. The molecule has 4 heteroatoms. The van der Waals surface area contributed by atoms with E-state index >= 15 is 0 Å². The van der Waals surface area contributed by atoms with E-state index in [1.54, 1.807) is 6.07 Å². The van der Waals surface area contributed by atoms with Crippen LogP contribution >= 0.6 is 11.6 Å². The van der Waals surface area contributed by atoms with Gasteiger partial charge in [0.2, 0.25) is 0 Å². The second-order valence-electron chi connectivity index (χ2n) is 5.85. The summed E-state index contributed by atoms with van der Waals surface area (Å²) in [6, 6.07) is 4.76. The maximum Gasteiger partial charge on any atom is 0.125 e. The van der Waals surface area contributed by atoms with Crippen molar-refractivity contribution in [2.75, 3.05) is 19.6 Å². The minimum atomic E-state index is -0.293. The van der Waals surface area contributed by atoms with Gasteiger partial charge in [-0.05, 0) is 42.0 Å². The Kier molecular flexibility index (Phi) is 4.82. The van der Waals surface area contributed by atoms with Crippen molar-refractivity contribution >= 4 is 11.6 Å². The first-order chi connectivity index (χ1) is 8.99. The first-order valence-corrected chi connectivity index (χ1v) is 7.27. The molecule has 1 aliphatic rings. The molecule has 1 heterocycles. The van der Waals surface area contributed by atoms with Crippen molar-refractivity contribution in [3.05, 3.63) is 34.6 Å². The second kappa shape index (κ2) is 6.21. The van der Waals surface area contributed by atoms with Crippen LogP contribution in [0.4, 0.5) is 4.39 Å². The summed E-state index contributed by atoms with van der Waals surface area (Å²) in [5, 5.41) is 0.437. The SMILES string of the molecule is CC1CC(C)CN(C(CN)c2cc(F)cc(Cl)c2)C1. The van der Waals surface area contributed by atoms with Gasteiger partial charge in [0.05, 0.1) is 0 Å². The van der Waals surface area contributed by atoms with Gasteiger partial charge in [0.25, 0.3) is 0 Å². The Bertz CT molecular complexity index is 408. The highest BCUT2D eigenvalue weighted by Crippen LogP contribution is 2.30. The number of likely N-dealkylation sites (tertiary alicyclic amines) is 1. The van der Waals surface area contributed by atoms with Crippen LogP contribution in [-0.4, -0.2) is 24.5 Å². The molecule has 2 nitrogen and oxygen atoms in total. The summed E-state index contributed by atoms with van der Waals surface area (Å²) in [5.41, 5.74) is 6.80. The van der Waals surface area contributed by atoms with Crippen LogP contribution in [0, 0.1) is 17.7 Å². The average molecular weight is 285 g/mol. The number of hydrogen-bond donors (Lipinski definition) is 1. The number of nitrogens with two attached hydrogens (primary N) is 1. The number of nitrogens with zero attached hydrogens (tertiary/aromatic N) is 1. The summed E-state index contributed by atoms with van der Waals surface area (Å²) >= 11 is 5.95. The third kappa shape index (κ3) is 3.68. The molecule has 0 aromatic heterocycles. The van der Waals surface area contributed by atoms with E-state index in [2.05, 4.69) is 18.7 Å². The monoisotopic (exact) mass is 284 g/mol. The summed E-state index contributed by atoms with van der Waals surface area (Å²) in [4.78, 5) is 2.37. The molecule has 106 valence electrons. The zero-order valence-electron chi connectivity index (χ0n) is 11.6. The number of rotatable bonds is 3. The van der Waals surface area contributed by atoms with Crippen molar-refractivity contribution in [3.8, 4) is 0 Å². The second-order valence-corrected chi connectivity index (χ2v) is 6.29. The molecule has 1 saturated heterocycles. The molecular weight excluding hydrogens is 263 g/mol. The predicted octanol–water partition coefficient (Wildman–Crippen LogP) is 3.46. The quantitative estimate of drug-likeness (QED) is 0.921. The van der Waals surface area contributed by atoms with E-state index in [-0.39, 0.29) is 11.9 Å². The lowest BCUT2D eigenvalue weighted by Gasteiger charge is -2.40. The molecule has 0 aliphatic carbocycles. The highest BCUT2D eigenvalue weighted by Gasteiger charge is 2.28. The smallest absolute Gasteiger partial charge is 0.125 e. The van der Waals surface area contributed by atoms with Gasteiger partial charge in [0.15, 0.2) is 0 Å². The minimum Gasteiger partial charge on any atom is -0.329 e. The lowest BCUT2D eigenvalue weighted by atomic mass is 9.89. The van der Waals surface area contributed by atoms with Crippen molar-refractivity contribution in [1.82, 2.24) is 4.90 Å². The molecule has 3 atom stereocenters. The molecule has 3 unspecified atom stereocenters. The van der Waals surface area contributed by atoms with Crippen LogP contribution in [0.1, 0.15) is 31.9 Å². The molecule has 0 amide bonds. The molecule has 1 aromatic rings. The molecule has 0 bridgehead atoms. The van der Waals surface area contributed by atoms with Crippen LogP contribution in [-0.2, 0) is 0 Å². The maximum absolute atomic E-state index is 13.5. The van der Waals surface area contributed by atoms with Crippen LogP contribution in [0.3, 0.4) is 0 Å². The van der Waals surface area contributed by atoms with Gasteiger partial charge >= 0.3 is 0 Å². The van der Waals surface area contributed by atoms with E-state index in [0.29, 0.717) is 23.4 Å². The van der Waals surface area contributed by atoms with Gasteiger partial charge in [0, 0.05) is 30.7 Å². The zero-order valence-corrected chi connectivity index (χ0v) is 12.3. The molecule has 0 radical (unpaired) electrons. The third-order valence-corrected chi connectivity index (χ3v) is 4.05. The molecule has 2 rings (SSSR count). The Labute approximate surface area is 119 Å². The van der Waals surface area contributed by atoms with Gasteiger partial charge in [-0.25, -0.2) is 4.39 Å². The van der Waals surface area contributed by atoms with E-state index in [0.717, 1.165) is 18.7 Å². The predicted molar refractivity (Wildman–Crippen MR) is 77.7 cm³/mol. The molecule has 0 spiro atoms. The molecular formula is C15H22ClFN2. The van der Waals surface area contributed by atoms with Gasteiger partial charge < -0.3 is 5.73 Å². The van der Waals surface area contributed by atoms with Crippen LogP contribution in [0.5, 0.6) is 0 Å². The lowest BCUT2D eigenvalue weighted by molar-refractivity contribution is 0.0983. The maximum atomic E-state index is 13.5.